The molecule has 0 N–H and O–H groups in total. The van der Waals surface area contributed by atoms with Crippen LogP contribution in [0, 0.1) is 0 Å². The van der Waals surface area contributed by atoms with Gasteiger partial charge in [-0.3, -0.25) is 4.79 Å². The molecule has 0 radical (unpaired) electrons. The van der Waals surface area contributed by atoms with Crippen molar-refractivity contribution in [3.8, 4) is 0 Å². The van der Waals surface area contributed by atoms with Crippen molar-refractivity contribution in [1.82, 2.24) is 0 Å². The second-order valence-corrected chi connectivity index (χ2v) is 4.47. The summed E-state index contributed by atoms with van der Waals surface area (Å²) in [5.41, 5.74) is 1.80. The third-order valence-corrected chi connectivity index (χ3v) is 2.95. The normalized spacial score (nSPS) is 10.1. The summed E-state index contributed by atoms with van der Waals surface area (Å²) in [4.78, 5) is 23.4. The van der Waals surface area contributed by atoms with Crippen LogP contribution in [0.2, 0.25) is 0 Å². The lowest BCUT2D eigenvalue weighted by atomic mass is 10.1. The van der Waals surface area contributed by atoms with E-state index in [1.807, 2.05) is 30.3 Å². The maximum atomic E-state index is 12.0. The van der Waals surface area contributed by atoms with E-state index in [1.54, 1.807) is 18.2 Å². The van der Waals surface area contributed by atoms with Gasteiger partial charge in [0.15, 0.2) is 5.78 Å². The molecule has 4 heteroatoms. The van der Waals surface area contributed by atoms with Crippen LogP contribution in [0.25, 0.3) is 0 Å². The number of ketones is 1. The Bertz CT molecular complexity index is 620. The van der Waals surface area contributed by atoms with E-state index in [2.05, 4.69) is 4.74 Å². The molecule has 4 nitrogen and oxygen atoms in total. The zero-order valence-corrected chi connectivity index (χ0v) is 11.7. The molecule has 0 unspecified atom stereocenters. The van der Waals surface area contributed by atoms with Crippen molar-refractivity contribution in [1.29, 1.82) is 0 Å². The first-order chi connectivity index (χ1) is 10.2. The summed E-state index contributed by atoms with van der Waals surface area (Å²) in [6.45, 7) is 0.350. The summed E-state index contributed by atoms with van der Waals surface area (Å²) < 4.78 is 10.0. The van der Waals surface area contributed by atoms with E-state index in [0.717, 1.165) is 5.56 Å². The summed E-state index contributed by atoms with van der Waals surface area (Å²) in [7, 11) is 1.31. The lowest BCUT2D eigenvalue weighted by Crippen LogP contribution is -2.10. The minimum atomic E-state index is -0.463. The summed E-state index contributed by atoms with van der Waals surface area (Å²) >= 11 is 0. The van der Waals surface area contributed by atoms with Crippen molar-refractivity contribution in [2.75, 3.05) is 13.7 Å². The monoisotopic (exact) mass is 284 g/mol. The minimum absolute atomic E-state index is 0.0283. The topological polar surface area (TPSA) is 52.6 Å². The molecule has 0 atom stereocenters. The van der Waals surface area contributed by atoms with E-state index in [0.29, 0.717) is 17.7 Å². The molecule has 2 aromatic carbocycles. The van der Waals surface area contributed by atoms with Gasteiger partial charge in [-0.1, -0.05) is 42.5 Å². The Balaban J connectivity index is 1.93. The Hall–Kier alpha value is -2.46. The Morgan fingerprint density at radius 1 is 0.952 bits per heavy atom. The number of carbonyl (C=O) groups is 2. The van der Waals surface area contributed by atoms with Gasteiger partial charge in [-0.15, -0.1) is 0 Å². The molecule has 108 valence electrons. The van der Waals surface area contributed by atoms with Crippen molar-refractivity contribution in [3.05, 3.63) is 71.3 Å². The number of esters is 1. The van der Waals surface area contributed by atoms with Crippen molar-refractivity contribution < 1.29 is 19.1 Å². The number of rotatable bonds is 6. The molecule has 0 aliphatic heterocycles. The van der Waals surface area contributed by atoms with E-state index >= 15 is 0 Å². The summed E-state index contributed by atoms with van der Waals surface area (Å²) in [5, 5.41) is 0. The highest BCUT2D eigenvalue weighted by atomic mass is 16.5. The van der Waals surface area contributed by atoms with Crippen molar-refractivity contribution in [2.24, 2.45) is 0 Å². The largest absolute Gasteiger partial charge is 0.465 e. The third-order valence-electron chi connectivity index (χ3n) is 2.95. The highest BCUT2D eigenvalue weighted by molar-refractivity contribution is 5.99. The zero-order valence-electron chi connectivity index (χ0n) is 11.7. The number of ether oxygens (including phenoxy) is 2. The lowest BCUT2D eigenvalue weighted by molar-refractivity contribution is 0.0600. The number of methoxy groups -OCH3 is 1. The summed E-state index contributed by atoms with van der Waals surface area (Å²) in [6, 6.07) is 16.0. The Kier molecular flexibility index (Phi) is 5.23. The van der Waals surface area contributed by atoms with Crippen molar-refractivity contribution in [3.63, 3.8) is 0 Å². The Morgan fingerprint density at radius 3 is 2.38 bits per heavy atom. The molecular weight excluding hydrogens is 268 g/mol. The molecule has 0 saturated carbocycles. The fourth-order valence-corrected chi connectivity index (χ4v) is 1.86. The zero-order chi connectivity index (χ0) is 15.1. The molecule has 0 bridgehead atoms. The third kappa shape index (κ3) is 4.26. The number of hydrogen-bond donors (Lipinski definition) is 0. The molecule has 2 aromatic rings. The summed E-state index contributed by atoms with van der Waals surface area (Å²) in [6.07, 6.45) is 0. The second kappa shape index (κ2) is 7.36. The van der Waals surface area contributed by atoms with Gasteiger partial charge in [0.1, 0.15) is 6.61 Å². The Labute approximate surface area is 123 Å². The van der Waals surface area contributed by atoms with Gasteiger partial charge in [-0.2, -0.15) is 0 Å². The van der Waals surface area contributed by atoms with Crippen LogP contribution in [0.5, 0.6) is 0 Å². The lowest BCUT2D eigenvalue weighted by Gasteiger charge is -2.05. The molecule has 0 aliphatic rings. The quantitative estimate of drug-likeness (QED) is 0.604. The van der Waals surface area contributed by atoms with Gasteiger partial charge in [-0.25, -0.2) is 4.79 Å². The van der Waals surface area contributed by atoms with Crippen LogP contribution < -0.4 is 0 Å². The fourth-order valence-electron chi connectivity index (χ4n) is 1.86. The molecule has 0 spiro atoms. The number of benzene rings is 2. The first-order valence-corrected chi connectivity index (χ1v) is 6.54. The molecular formula is C17H16O4. The number of hydrogen-bond acceptors (Lipinski definition) is 4. The molecule has 0 saturated heterocycles. The average Bonchev–Trinajstić information content (AvgIpc) is 2.55. The van der Waals surface area contributed by atoms with E-state index in [1.165, 1.54) is 13.2 Å². The maximum absolute atomic E-state index is 12.0. The number of Topliss-reactive ketones (excluding diaryl/α,β-unsaturated/α-hetero) is 1. The van der Waals surface area contributed by atoms with E-state index in [-0.39, 0.29) is 12.4 Å². The van der Waals surface area contributed by atoms with Gasteiger partial charge in [0.05, 0.1) is 19.3 Å². The second-order valence-electron chi connectivity index (χ2n) is 4.47. The SMILES string of the molecule is COC(=O)c1cccc(C(=O)COCc2ccccc2)c1. The first kappa shape index (κ1) is 14.9. The van der Waals surface area contributed by atoms with Crippen molar-refractivity contribution >= 4 is 11.8 Å². The van der Waals surface area contributed by atoms with Crippen LogP contribution in [0.1, 0.15) is 26.3 Å². The fraction of sp³-hybridized carbons (Fsp3) is 0.176. The number of carbonyl (C=O) groups excluding carboxylic acids is 2. The van der Waals surface area contributed by atoms with Crippen LogP contribution in [0.15, 0.2) is 54.6 Å². The molecule has 0 fully saturated rings. The molecule has 21 heavy (non-hydrogen) atoms. The van der Waals surface area contributed by atoms with Crippen molar-refractivity contribution in [2.45, 2.75) is 6.61 Å². The van der Waals surface area contributed by atoms with Crippen LogP contribution in [-0.2, 0) is 16.1 Å². The molecule has 0 amide bonds. The Morgan fingerprint density at radius 2 is 1.67 bits per heavy atom. The van der Waals surface area contributed by atoms with E-state index in [9.17, 15) is 9.59 Å². The minimum Gasteiger partial charge on any atom is -0.465 e. The van der Waals surface area contributed by atoms with Gasteiger partial charge < -0.3 is 9.47 Å². The highest BCUT2D eigenvalue weighted by Gasteiger charge is 2.10. The molecule has 0 aromatic heterocycles. The standard InChI is InChI=1S/C17H16O4/c1-20-17(19)15-9-5-8-14(10-15)16(18)12-21-11-13-6-3-2-4-7-13/h2-10H,11-12H2,1H3. The van der Waals surface area contributed by atoms with E-state index in [4.69, 9.17) is 4.74 Å². The van der Waals surface area contributed by atoms with Crippen LogP contribution >= 0.6 is 0 Å². The smallest absolute Gasteiger partial charge is 0.337 e. The molecule has 2 rings (SSSR count). The molecule has 0 aliphatic carbocycles. The van der Waals surface area contributed by atoms with Gasteiger partial charge in [-0.05, 0) is 17.7 Å². The highest BCUT2D eigenvalue weighted by Crippen LogP contribution is 2.08. The van der Waals surface area contributed by atoms with Crippen LogP contribution in [0.3, 0.4) is 0 Å². The van der Waals surface area contributed by atoms with Crippen LogP contribution in [0.4, 0.5) is 0 Å². The molecule has 0 heterocycles. The predicted octanol–water partition coefficient (Wildman–Crippen LogP) is 2.87. The van der Waals surface area contributed by atoms with Crippen LogP contribution in [-0.4, -0.2) is 25.5 Å². The van der Waals surface area contributed by atoms with Gasteiger partial charge in [0.2, 0.25) is 0 Å². The first-order valence-electron chi connectivity index (χ1n) is 6.54. The van der Waals surface area contributed by atoms with E-state index < -0.39 is 5.97 Å². The van der Waals surface area contributed by atoms with Gasteiger partial charge in [0.25, 0.3) is 0 Å². The summed E-state index contributed by atoms with van der Waals surface area (Å²) in [5.74, 6) is -0.633. The predicted molar refractivity (Wildman–Crippen MR) is 78.2 cm³/mol. The average molecular weight is 284 g/mol. The van der Waals surface area contributed by atoms with Gasteiger partial charge >= 0.3 is 5.97 Å². The maximum Gasteiger partial charge on any atom is 0.337 e. The van der Waals surface area contributed by atoms with Gasteiger partial charge in [0, 0.05) is 5.56 Å².